The van der Waals surface area contributed by atoms with Crippen LogP contribution in [0.1, 0.15) is 52.0 Å². The molecule has 1 fully saturated rings. The summed E-state index contributed by atoms with van der Waals surface area (Å²) in [5.41, 5.74) is 4.65. The topological polar surface area (TPSA) is 91.8 Å². The number of hydrogen-bond donors (Lipinski definition) is 1. The van der Waals surface area contributed by atoms with Gasteiger partial charge in [0.2, 0.25) is 0 Å². The van der Waals surface area contributed by atoms with Gasteiger partial charge in [-0.2, -0.15) is 0 Å². The van der Waals surface area contributed by atoms with Gasteiger partial charge in [0.1, 0.15) is 5.82 Å². The summed E-state index contributed by atoms with van der Waals surface area (Å²) in [6.45, 7) is 6.93. The summed E-state index contributed by atoms with van der Waals surface area (Å²) in [5.74, 6) is 0.845. The molecule has 3 aromatic rings. The molecule has 0 bridgehead atoms. The smallest absolute Gasteiger partial charge is 0.253 e. The Bertz CT molecular complexity index is 1110. The third kappa shape index (κ3) is 3.52. The van der Waals surface area contributed by atoms with Gasteiger partial charge in [0.05, 0.1) is 28.1 Å². The number of aromatic nitrogens is 4. The first-order valence-electron chi connectivity index (χ1n) is 9.53. The minimum Gasteiger partial charge on any atom is -0.339 e. The highest BCUT2D eigenvalue weighted by atomic mass is 16.2. The van der Waals surface area contributed by atoms with E-state index >= 15 is 0 Å². The second-order valence-electron chi connectivity index (χ2n) is 7.42. The fourth-order valence-electron chi connectivity index (χ4n) is 3.74. The van der Waals surface area contributed by atoms with Crippen molar-refractivity contribution < 1.29 is 4.79 Å². The quantitative estimate of drug-likeness (QED) is 0.741. The van der Waals surface area contributed by atoms with Crippen LogP contribution < -0.4 is 5.56 Å². The SMILES string of the molecule is Cc1nc(C2CCN(C(=O)c3ccc4nc(C)c(C)nc4c3)CC2)cc(=O)[nH]1. The van der Waals surface area contributed by atoms with Gasteiger partial charge in [-0.3, -0.25) is 9.59 Å². The number of piperidine rings is 1. The molecular formula is C21H23N5O2. The van der Waals surface area contributed by atoms with Gasteiger partial charge in [-0.05, 0) is 51.8 Å². The molecule has 0 radical (unpaired) electrons. The summed E-state index contributed by atoms with van der Waals surface area (Å²) in [6, 6.07) is 7.08. The molecule has 144 valence electrons. The van der Waals surface area contributed by atoms with Crippen molar-refractivity contribution in [1.29, 1.82) is 0 Å². The van der Waals surface area contributed by atoms with E-state index in [0.717, 1.165) is 41.0 Å². The maximum absolute atomic E-state index is 13.0. The number of fused-ring (bicyclic) bond motifs is 1. The van der Waals surface area contributed by atoms with Crippen LogP contribution in [-0.2, 0) is 0 Å². The summed E-state index contributed by atoms with van der Waals surface area (Å²) < 4.78 is 0. The molecule has 1 aliphatic rings. The van der Waals surface area contributed by atoms with Crippen molar-refractivity contribution in [3.05, 3.63) is 63.1 Å². The molecule has 1 N–H and O–H groups in total. The molecule has 1 aliphatic heterocycles. The lowest BCUT2D eigenvalue weighted by atomic mass is 9.93. The van der Waals surface area contributed by atoms with Crippen LogP contribution in [0.25, 0.3) is 11.0 Å². The van der Waals surface area contributed by atoms with Crippen molar-refractivity contribution in [2.24, 2.45) is 0 Å². The molecule has 1 saturated heterocycles. The van der Waals surface area contributed by atoms with E-state index in [9.17, 15) is 9.59 Å². The van der Waals surface area contributed by atoms with Crippen molar-refractivity contribution in [2.75, 3.05) is 13.1 Å². The lowest BCUT2D eigenvalue weighted by molar-refractivity contribution is 0.0712. The van der Waals surface area contributed by atoms with E-state index in [1.165, 1.54) is 0 Å². The number of nitrogens with zero attached hydrogens (tertiary/aromatic N) is 4. The Morgan fingerprint density at radius 3 is 2.36 bits per heavy atom. The van der Waals surface area contributed by atoms with Crippen LogP contribution in [0.3, 0.4) is 0 Å². The first-order chi connectivity index (χ1) is 13.4. The maximum atomic E-state index is 13.0. The molecule has 0 unspecified atom stereocenters. The molecule has 0 aliphatic carbocycles. The van der Waals surface area contributed by atoms with Gasteiger partial charge in [-0.25, -0.2) is 15.0 Å². The Balaban J connectivity index is 1.50. The fraction of sp³-hybridized carbons (Fsp3) is 0.381. The van der Waals surface area contributed by atoms with Crippen LogP contribution in [0.5, 0.6) is 0 Å². The number of rotatable bonds is 2. The van der Waals surface area contributed by atoms with Gasteiger partial charge in [0, 0.05) is 30.6 Å². The minimum absolute atomic E-state index is 0.00965. The number of aryl methyl sites for hydroxylation is 3. The van der Waals surface area contributed by atoms with Gasteiger partial charge in [-0.15, -0.1) is 0 Å². The summed E-state index contributed by atoms with van der Waals surface area (Å²) in [5, 5.41) is 0. The Labute approximate surface area is 162 Å². The second kappa shape index (κ2) is 7.14. The number of nitrogens with one attached hydrogen (secondary N) is 1. The van der Waals surface area contributed by atoms with Crippen LogP contribution in [0, 0.1) is 20.8 Å². The third-order valence-corrected chi connectivity index (χ3v) is 5.40. The molecule has 3 heterocycles. The summed E-state index contributed by atoms with van der Waals surface area (Å²) in [7, 11) is 0. The molecule has 2 aromatic heterocycles. The van der Waals surface area contributed by atoms with E-state index < -0.39 is 0 Å². The Morgan fingerprint density at radius 2 is 1.68 bits per heavy atom. The first kappa shape index (κ1) is 18.3. The largest absolute Gasteiger partial charge is 0.339 e. The molecule has 28 heavy (non-hydrogen) atoms. The number of carbonyl (C=O) groups excluding carboxylic acids is 1. The summed E-state index contributed by atoms with van der Waals surface area (Å²) in [4.78, 5) is 42.7. The minimum atomic E-state index is -0.121. The number of hydrogen-bond acceptors (Lipinski definition) is 5. The molecule has 7 nitrogen and oxygen atoms in total. The average Bonchev–Trinajstić information content (AvgIpc) is 2.67. The lowest BCUT2D eigenvalue weighted by Gasteiger charge is -2.31. The highest BCUT2D eigenvalue weighted by Crippen LogP contribution is 2.27. The van der Waals surface area contributed by atoms with E-state index in [2.05, 4.69) is 19.9 Å². The van der Waals surface area contributed by atoms with Gasteiger partial charge in [0.15, 0.2) is 0 Å². The lowest BCUT2D eigenvalue weighted by Crippen LogP contribution is -2.38. The Kier molecular flexibility index (Phi) is 4.66. The monoisotopic (exact) mass is 377 g/mol. The predicted molar refractivity (Wildman–Crippen MR) is 106 cm³/mol. The third-order valence-electron chi connectivity index (χ3n) is 5.40. The van der Waals surface area contributed by atoms with Crippen molar-refractivity contribution in [1.82, 2.24) is 24.8 Å². The van der Waals surface area contributed by atoms with Crippen molar-refractivity contribution in [3.63, 3.8) is 0 Å². The molecular weight excluding hydrogens is 354 g/mol. The number of amides is 1. The van der Waals surface area contributed by atoms with Gasteiger partial charge in [-0.1, -0.05) is 0 Å². The summed E-state index contributed by atoms with van der Waals surface area (Å²) in [6.07, 6.45) is 1.60. The van der Waals surface area contributed by atoms with Crippen molar-refractivity contribution in [3.8, 4) is 0 Å². The van der Waals surface area contributed by atoms with Crippen molar-refractivity contribution in [2.45, 2.75) is 39.5 Å². The zero-order valence-electron chi connectivity index (χ0n) is 16.3. The van der Waals surface area contributed by atoms with Crippen LogP contribution in [0.2, 0.25) is 0 Å². The average molecular weight is 377 g/mol. The van der Waals surface area contributed by atoms with E-state index in [1.54, 1.807) is 13.0 Å². The van der Waals surface area contributed by atoms with Crippen LogP contribution >= 0.6 is 0 Å². The summed E-state index contributed by atoms with van der Waals surface area (Å²) >= 11 is 0. The molecule has 1 aromatic carbocycles. The number of carbonyl (C=O) groups is 1. The molecule has 4 rings (SSSR count). The highest BCUT2D eigenvalue weighted by molar-refractivity contribution is 5.97. The molecule has 1 amide bonds. The standard InChI is InChI=1S/C21H23N5O2/c1-12-13(2)23-19-10-16(4-5-17(19)22-12)21(28)26-8-6-15(7-9-26)18-11-20(27)25-14(3)24-18/h4-5,10-11,15H,6-9H2,1-3H3,(H,24,25,27). The zero-order chi connectivity index (χ0) is 19.8. The van der Waals surface area contributed by atoms with Gasteiger partial charge >= 0.3 is 0 Å². The van der Waals surface area contributed by atoms with Crippen LogP contribution in [0.4, 0.5) is 0 Å². The van der Waals surface area contributed by atoms with E-state index in [-0.39, 0.29) is 17.4 Å². The zero-order valence-corrected chi connectivity index (χ0v) is 16.3. The molecule has 7 heteroatoms. The molecule has 0 spiro atoms. The predicted octanol–water partition coefficient (Wildman–Crippen LogP) is 2.66. The maximum Gasteiger partial charge on any atom is 0.253 e. The first-order valence-corrected chi connectivity index (χ1v) is 9.53. The Hall–Kier alpha value is -3.09. The molecule has 0 saturated carbocycles. The Morgan fingerprint density at radius 1 is 1.00 bits per heavy atom. The van der Waals surface area contributed by atoms with E-state index in [1.807, 2.05) is 36.9 Å². The molecule has 0 atom stereocenters. The normalized spacial score (nSPS) is 15.2. The fourth-order valence-corrected chi connectivity index (χ4v) is 3.74. The van der Waals surface area contributed by atoms with Gasteiger partial charge in [0.25, 0.3) is 11.5 Å². The van der Waals surface area contributed by atoms with Crippen molar-refractivity contribution >= 4 is 16.9 Å². The van der Waals surface area contributed by atoms with E-state index in [0.29, 0.717) is 24.5 Å². The second-order valence-corrected chi connectivity index (χ2v) is 7.42. The number of likely N-dealkylation sites (tertiary alicyclic amines) is 1. The number of aromatic amines is 1. The number of H-pyrrole nitrogens is 1. The van der Waals surface area contributed by atoms with Crippen LogP contribution in [0.15, 0.2) is 29.1 Å². The van der Waals surface area contributed by atoms with Gasteiger partial charge < -0.3 is 9.88 Å². The van der Waals surface area contributed by atoms with Crippen LogP contribution in [-0.4, -0.2) is 43.8 Å². The number of benzene rings is 1. The highest BCUT2D eigenvalue weighted by Gasteiger charge is 2.26. The van der Waals surface area contributed by atoms with E-state index in [4.69, 9.17) is 0 Å².